The fourth-order valence-electron chi connectivity index (χ4n) is 2.79. The molecule has 1 aliphatic rings. The van der Waals surface area contributed by atoms with Crippen LogP contribution in [0.4, 0.5) is 13.2 Å². The van der Waals surface area contributed by atoms with E-state index in [9.17, 15) is 18.0 Å². The lowest BCUT2D eigenvalue weighted by Gasteiger charge is -2.33. The van der Waals surface area contributed by atoms with Crippen molar-refractivity contribution in [3.05, 3.63) is 35.4 Å². The number of halogens is 3. The summed E-state index contributed by atoms with van der Waals surface area (Å²) in [5.74, 6) is -0.223. The first kappa shape index (κ1) is 16.8. The summed E-state index contributed by atoms with van der Waals surface area (Å²) in [6.45, 7) is 1.74. The maximum atomic E-state index is 12.5. The molecule has 6 heteroatoms. The molecule has 0 aliphatic heterocycles. The molecule has 3 N–H and O–H groups in total. The molecular formula is C16H21F3N2O. The minimum Gasteiger partial charge on any atom is -0.348 e. The molecule has 0 aromatic heterocycles. The van der Waals surface area contributed by atoms with Crippen molar-refractivity contribution in [3.63, 3.8) is 0 Å². The maximum absolute atomic E-state index is 12.5. The molecule has 0 heterocycles. The minimum atomic E-state index is -4.35. The Balaban J connectivity index is 2.02. The fourth-order valence-corrected chi connectivity index (χ4v) is 2.79. The molecule has 1 amide bonds. The predicted molar refractivity (Wildman–Crippen MR) is 78.0 cm³/mol. The zero-order chi connectivity index (χ0) is 16.4. The number of benzene rings is 1. The van der Waals surface area contributed by atoms with Crippen molar-refractivity contribution in [2.24, 2.45) is 5.73 Å². The Morgan fingerprint density at radius 1 is 1.18 bits per heavy atom. The number of hydrogen-bond donors (Lipinski definition) is 2. The van der Waals surface area contributed by atoms with E-state index in [1.807, 2.05) is 0 Å². The first-order valence-electron chi connectivity index (χ1n) is 7.49. The van der Waals surface area contributed by atoms with Gasteiger partial charge >= 0.3 is 6.18 Å². The predicted octanol–water partition coefficient (Wildman–Crippen LogP) is 3.54. The van der Waals surface area contributed by atoms with Gasteiger partial charge in [0.1, 0.15) is 0 Å². The lowest BCUT2D eigenvalue weighted by Crippen LogP contribution is -2.55. The third-order valence-corrected chi connectivity index (χ3v) is 4.28. The van der Waals surface area contributed by atoms with E-state index in [2.05, 4.69) is 5.32 Å². The highest BCUT2D eigenvalue weighted by Gasteiger charge is 2.36. The van der Waals surface area contributed by atoms with Crippen LogP contribution < -0.4 is 11.1 Å². The second-order valence-electron chi connectivity index (χ2n) is 6.03. The van der Waals surface area contributed by atoms with Crippen LogP contribution >= 0.6 is 0 Å². The van der Waals surface area contributed by atoms with E-state index >= 15 is 0 Å². The van der Waals surface area contributed by atoms with Crippen molar-refractivity contribution >= 4 is 5.91 Å². The summed E-state index contributed by atoms with van der Waals surface area (Å²) in [6, 6.07) is 4.45. The summed E-state index contributed by atoms with van der Waals surface area (Å²) in [7, 11) is 0. The maximum Gasteiger partial charge on any atom is 0.416 e. The SMILES string of the molecule is CC(NC(=O)C1(N)CCCCC1)c1ccc(C(F)(F)F)cc1. The molecule has 122 valence electrons. The highest BCUT2D eigenvalue weighted by atomic mass is 19.4. The lowest BCUT2D eigenvalue weighted by atomic mass is 9.81. The minimum absolute atomic E-state index is 0.223. The highest BCUT2D eigenvalue weighted by molar-refractivity contribution is 5.86. The van der Waals surface area contributed by atoms with Gasteiger partial charge in [0.05, 0.1) is 17.1 Å². The molecule has 22 heavy (non-hydrogen) atoms. The topological polar surface area (TPSA) is 55.1 Å². The lowest BCUT2D eigenvalue weighted by molar-refractivity contribution is -0.137. The van der Waals surface area contributed by atoms with Gasteiger partial charge in [-0.25, -0.2) is 0 Å². The molecule has 1 saturated carbocycles. The summed E-state index contributed by atoms with van der Waals surface area (Å²) in [5.41, 5.74) is 5.23. The normalized spacial score (nSPS) is 19.5. The zero-order valence-electron chi connectivity index (χ0n) is 12.5. The Morgan fingerprint density at radius 3 is 2.23 bits per heavy atom. The Bertz CT molecular complexity index is 519. The molecule has 1 aliphatic carbocycles. The monoisotopic (exact) mass is 314 g/mol. The number of amides is 1. The number of carbonyl (C=O) groups is 1. The first-order valence-corrected chi connectivity index (χ1v) is 7.49. The Morgan fingerprint density at radius 2 is 1.73 bits per heavy atom. The third-order valence-electron chi connectivity index (χ3n) is 4.28. The van der Waals surface area contributed by atoms with Crippen LogP contribution in [0.2, 0.25) is 0 Å². The average molecular weight is 314 g/mol. The van der Waals surface area contributed by atoms with Crippen LogP contribution in [0.1, 0.15) is 56.2 Å². The van der Waals surface area contributed by atoms with Crippen molar-refractivity contribution < 1.29 is 18.0 Å². The molecule has 1 aromatic rings. The smallest absolute Gasteiger partial charge is 0.348 e. The third kappa shape index (κ3) is 3.80. The van der Waals surface area contributed by atoms with Crippen molar-refractivity contribution in [1.82, 2.24) is 5.32 Å². The quantitative estimate of drug-likeness (QED) is 0.896. The van der Waals surface area contributed by atoms with Crippen LogP contribution in [0, 0.1) is 0 Å². The Labute approximate surface area is 128 Å². The van der Waals surface area contributed by atoms with E-state index < -0.39 is 17.3 Å². The van der Waals surface area contributed by atoms with E-state index in [4.69, 9.17) is 5.73 Å². The molecule has 3 nitrogen and oxygen atoms in total. The van der Waals surface area contributed by atoms with Crippen molar-refractivity contribution in [2.75, 3.05) is 0 Å². The molecule has 1 aromatic carbocycles. The van der Waals surface area contributed by atoms with Crippen LogP contribution in [0.25, 0.3) is 0 Å². The van der Waals surface area contributed by atoms with Crippen LogP contribution in [-0.2, 0) is 11.0 Å². The number of rotatable bonds is 3. The molecule has 0 saturated heterocycles. The van der Waals surface area contributed by atoms with Gasteiger partial charge in [0, 0.05) is 0 Å². The van der Waals surface area contributed by atoms with Gasteiger partial charge in [-0.15, -0.1) is 0 Å². The van der Waals surface area contributed by atoms with Gasteiger partial charge in [0.15, 0.2) is 0 Å². The van der Waals surface area contributed by atoms with E-state index in [0.717, 1.165) is 31.4 Å². The van der Waals surface area contributed by atoms with Crippen LogP contribution in [0.3, 0.4) is 0 Å². The summed E-state index contributed by atoms with van der Waals surface area (Å²) in [4.78, 5) is 12.3. The second kappa shape index (κ2) is 6.28. The Kier molecular flexibility index (Phi) is 4.80. The highest BCUT2D eigenvalue weighted by Crippen LogP contribution is 2.30. The van der Waals surface area contributed by atoms with Gasteiger partial charge in [0.2, 0.25) is 5.91 Å². The molecular weight excluding hydrogens is 293 g/mol. The number of hydrogen-bond acceptors (Lipinski definition) is 2. The average Bonchev–Trinajstić information content (AvgIpc) is 2.47. The molecule has 1 fully saturated rings. The zero-order valence-corrected chi connectivity index (χ0v) is 12.5. The van der Waals surface area contributed by atoms with Crippen LogP contribution in [-0.4, -0.2) is 11.4 Å². The molecule has 0 spiro atoms. The van der Waals surface area contributed by atoms with Crippen molar-refractivity contribution in [3.8, 4) is 0 Å². The summed E-state index contributed by atoms with van der Waals surface area (Å²) in [6.07, 6.45) is -0.108. The largest absolute Gasteiger partial charge is 0.416 e. The van der Waals surface area contributed by atoms with Gasteiger partial charge in [-0.3, -0.25) is 4.79 Å². The summed E-state index contributed by atoms with van der Waals surface area (Å²) < 4.78 is 37.6. The van der Waals surface area contributed by atoms with E-state index in [-0.39, 0.29) is 11.9 Å². The Hall–Kier alpha value is -1.56. The standard InChI is InChI=1S/C16H21F3N2O/c1-11(12-5-7-13(8-6-12)16(17,18)19)21-14(22)15(20)9-3-2-4-10-15/h5-8,11H,2-4,9-10,20H2,1H3,(H,21,22). The molecule has 1 unspecified atom stereocenters. The summed E-state index contributed by atoms with van der Waals surface area (Å²) in [5, 5.41) is 2.82. The van der Waals surface area contributed by atoms with Gasteiger partial charge in [-0.1, -0.05) is 31.4 Å². The van der Waals surface area contributed by atoms with E-state index in [1.54, 1.807) is 6.92 Å². The number of nitrogens with two attached hydrogens (primary N) is 1. The molecule has 2 rings (SSSR count). The number of nitrogens with one attached hydrogen (secondary N) is 1. The second-order valence-corrected chi connectivity index (χ2v) is 6.03. The number of carbonyl (C=O) groups excluding carboxylic acids is 1. The summed E-state index contributed by atoms with van der Waals surface area (Å²) >= 11 is 0. The van der Waals surface area contributed by atoms with E-state index in [0.29, 0.717) is 18.4 Å². The van der Waals surface area contributed by atoms with Gasteiger partial charge in [0.25, 0.3) is 0 Å². The van der Waals surface area contributed by atoms with E-state index in [1.165, 1.54) is 12.1 Å². The van der Waals surface area contributed by atoms with Gasteiger partial charge < -0.3 is 11.1 Å². The first-order chi connectivity index (χ1) is 10.2. The van der Waals surface area contributed by atoms with Crippen molar-refractivity contribution in [2.45, 2.75) is 56.8 Å². The molecule has 0 radical (unpaired) electrons. The van der Waals surface area contributed by atoms with Crippen LogP contribution in [0.15, 0.2) is 24.3 Å². The molecule has 0 bridgehead atoms. The fraction of sp³-hybridized carbons (Fsp3) is 0.562. The van der Waals surface area contributed by atoms with Crippen molar-refractivity contribution in [1.29, 1.82) is 0 Å². The van der Waals surface area contributed by atoms with Gasteiger partial charge in [-0.2, -0.15) is 13.2 Å². The molecule has 1 atom stereocenters. The van der Waals surface area contributed by atoms with Crippen LogP contribution in [0.5, 0.6) is 0 Å². The number of alkyl halides is 3. The van der Waals surface area contributed by atoms with Gasteiger partial charge in [-0.05, 0) is 37.5 Å².